The lowest BCUT2D eigenvalue weighted by molar-refractivity contribution is -0.0513. The fourth-order valence-corrected chi connectivity index (χ4v) is 5.10. The summed E-state index contributed by atoms with van der Waals surface area (Å²) in [5, 5.41) is 6.36. The summed E-state index contributed by atoms with van der Waals surface area (Å²) < 4.78 is 31.0. The minimum atomic E-state index is -0.500. The number of aromatic amines is 1. The van der Waals surface area contributed by atoms with Gasteiger partial charge in [0, 0.05) is 41.4 Å². The van der Waals surface area contributed by atoms with Crippen molar-refractivity contribution in [3.05, 3.63) is 59.7 Å². The van der Waals surface area contributed by atoms with Gasteiger partial charge in [-0.3, -0.25) is 9.78 Å². The van der Waals surface area contributed by atoms with Crippen LogP contribution in [0.15, 0.2) is 42.6 Å². The number of nitrogens with zero attached hydrogens (tertiary/aromatic N) is 2. The van der Waals surface area contributed by atoms with E-state index in [4.69, 9.17) is 19.2 Å². The molecule has 1 saturated heterocycles. The third-order valence-electron chi connectivity index (χ3n) is 7.17. The highest BCUT2D eigenvalue weighted by molar-refractivity contribution is 6.09. The number of ether oxygens (including phenoxy) is 3. The van der Waals surface area contributed by atoms with Gasteiger partial charge in [-0.25, -0.2) is 9.37 Å². The minimum Gasteiger partial charge on any atom is -0.492 e. The molecule has 0 unspecified atom stereocenters. The molecule has 7 rings (SSSR count). The van der Waals surface area contributed by atoms with Crippen molar-refractivity contribution >= 4 is 28.3 Å². The van der Waals surface area contributed by atoms with Crippen molar-refractivity contribution in [1.82, 2.24) is 20.3 Å². The lowest BCUT2D eigenvalue weighted by Crippen LogP contribution is -2.32. The number of aromatic nitrogens is 3. The zero-order chi connectivity index (χ0) is 25.1. The van der Waals surface area contributed by atoms with Crippen LogP contribution in [0.5, 0.6) is 11.6 Å². The number of para-hydroxylation sites is 1. The summed E-state index contributed by atoms with van der Waals surface area (Å²) in [6, 6.07) is 10.3. The molecular weight excluding hydrogens is 477 g/mol. The van der Waals surface area contributed by atoms with E-state index in [1.807, 2.05) is 12.1 Å². The van der Waals surface area contributed by atoms with Gasteiger partial charge in [-0.2, -0.15) is 0 Å². The van der Waals surface area contributed by atoms with Crippen LogP contribution < -0.4 is 20.1 Å². The Kier molecular flexibility index (Phi) is 5.03. The van der Waals surface area contributed by atoms with E-state index in [9.17, 15) is 9.18 Å². The maximum Gasteiger partial charge on any atom is 0.255 e. The van der Waals surface area contributed by atoms with Crippen molar-refractivity contribution in [2.75, 3.05) is 32.2 Å². The molecule has 0 bridgehead atoms. The highest BCUT2D eigenvalue weighted by atomic mass is 19.1. The Labute approximate surface area is 211 Å². The van der Waals surface area contributed by atoms with Gasteiger partial charge < -0.3 is 29.8 Å². The predicted octanol–water partition coefficient (Wildman–Crippen LogP) is 4.14. The molecule has 9 nitrogen and oxygen atoms in total. The van der Waals surface area contributed by atoms with Gasteiger partial charge in [0.25, 0.3) is 5.91 Å². The Morgan fingerprint density at radius 3 is 2.92 bits per heavy atom. The average molecular weight is 502 g/mol. The summed E-state index contributed by atoms with van der Waals surface area (Å²) in [4.78, 5) is 25.9. The first-order valence-electron chi connectivity index (χ1n) is 12.2. The van der Waals surface area contributed by atoms with Crippen molar-refractivity contribution in [1.29, 1.82) is 0 Å². The largest absolute Gasteiger partial charge is 0.492 e. The first-order valence-corrected chi connectivity index (χ1v) is 12.2. The van der Waals surface area contributed by atoms with Crippen LogP contribution in [0, 0.1) is 11.7 Å². The maximum absolute atomic E-state index is 14.5. The first-order chi connectivity index (χ1) is 18.1. The van der Waals surface area contributed by atoms with Gasteiger partial charge in [0.15, 0.2) is 11.6 Å². The zero-order valence-electron chi connectivity index (χ0n) is 20.0. The molecular formula is C27H24FN5O4. The SMILES string of the molecule is COc1c(F)cccc1Nc1c(-c2ccnc3ccc(OCC4COC4)nc23)[nH]c2c1C(=O)N[C@@H]1C[C@H]21. The van der Waals surface area contributed by atoms with Crippen molar-refractivity contribution in [2.24, 2.45) is 5.92 Å². The average Bonchev–Trinajstić information content (AvgIpc) is 3.55. The number of halogens is 1. The van der Waals surface area contributed by atoms with Crippen LogP contribution in [-0.4, -0.2) is 53.8 Å². The molecule has 2 atom stereocenters. The molecule has 1 aliphatic carbocycles. The topological polar surface area (TPSA) is 110 Å². The lowest BCUT2D eigenvalue weighted by Gasteiger charge is -2.25. The maximum atomic E-state index is 14.5. The number of pyridine rings is 2. The number of benzene rings is 1. The second-order valence-corrected chi connectivity index (χ2v) is 9.62. The summed E-state index contributed by atoms with van der Waals surface area (Å²) >= 11 is 0. The van der Waals surface area contributed by atoms with Crippen LogP contribution in [0.2, 0.25) is 0 Å². The minimum absolute atomic E-state index is 0.0669. The van der Waals surface area contributed by atoms with E-state index in [0.717, 1.165) is 17.7 Å². The normalized spacial score (nSPS) is 20.0. The molecule has 188 valence electrons. The summed E-state index contributed by atoms with van der Waals surface area (Å²) in [5.74, 6) is 0.458. The smallest absolute Gasteiger partial charge is 0.255 e. The van der Waals surface area contributed by atoms with E-state index in [1.165, 1.54) is 13.2 Å². The highest BCUT2D eigenvalue weighted by Gasteiger charge is 2.48. The van der Waals surface area contributed by atoms with Crippen molar-refractivity contribution in [3.8, 4) is 22.9 Å². The van der Waals surface area contributed by atoms with Crippen LogP contribution in [0.25, 0.3) is 22.3 Å². The number of hydrogen-bond acceptors (Lipinski definition) is 7. The number of rotatable bonds is 7. The number of hydrogen-bond donors (Lipinski definition) is 3. The molecule has 10 heteroatoms. The second kappa shape index (κ2) is 8.45. The van der Waals surface area contributed by atoms with E-state index < -0.39 is 5.82 Å². The Morgan fingerprint density at radius 1 is 1.22 bits per heavy atom. The molecule has 1 saturated carbocycles. The van der Waals surface area contributed by atoms with Gasteiger partial charge in [0.05, 0.1) is 55.1 Å². The molecule has 0 spiro atoms. The number of fused-ring (bicyclic) bond motifs is 4. The van der Waals surface area contributed by atoms with Crippen molar-refractivity contribution in [3.63, 3.8) is 0 Å². The Bertz CT molecular complexity index is 1550. The molecule has 1 aromatic carbocycles. The van der Waals surface area contributed by atoms with Gasteiger partial charge in [0.2, 0.25) is 5.88 Å². The molecule has 37 heavy (non-hydrogen) atoms. The van der Waals surface area contributed by atoms with Crippen molar-refractivity contribution < 1.29 is 23.4 Å². The number of carbonyl (C=O) groups is 1. The number of carbonyl (C=O) groups excluding carboxylic acids is 1. The summed E-state index contributed by atoms with van der Waals surface area (Å²) in [7, 11) is 1.41. The number of anilines is 2. The lowest BCUT2D eigenvalue weighted by atomic mass is 10.0. The molecule has 2 aliphatic heterocycles. The number of H-pyrrole nitrogens is 1. The van der Waals surface area contributed by atoms with Crippen LogP contribution in [0.4, 0.5) is 15.8 Å². The van der Waals surface area contributed by atoms with Gasteiger partial charge in [0.1, 0.15) is 5.52 Å². The van der Waals surface area contributed by atoms with Gasteiger partial charge in [-0.1, -0.05) is 6.07 Å². The monoisotopic (exact) mass is 501 g/mol. The fourth-order valence-electron chi connectivity index (χ4n) is 5.10. The number of methoxy groups -OCH3 is 1. The third-order valence-corrected chi connectivity index (χ3v) is 7.17. The van der Waals surface area contributed by atoms with Gasteiger partial charge >= 0.3 is 0 Å². The molecule has 3 aromatic heterocycles. The summed E-state index contributed by atoms with van der Waals surface area (Å²) in [6.45, 7) is 1.91. The molecule has 5 heterocycles. The van der Waals surface area contributed by atoms with Crippen LogP contribution in [0.1, 0.15) is 28.4 Å². The number of amides is 1. The molecule has 1 amide bonds. The Balaban J connectivity index is 1.37. The van der Waals surface area contributed by atoms with E-state index in [2.05, 4.69) is 20.6 Å². The number of nitrogens with one attached hydrogen (secondary N) is 3. The molecule has 3 N–H and O–H groups in total. The molecule has 4 aromatic rings. The van der Waals surface area contributed by atoms with Crippen LogP contribution >= 0.6 is 0 Å². The third kappa shape index (κ3) is 3.67. The van der Waals surface area contributed by atoms with Gasteiger partial charge in [-0.15, -0.1) is 0 Å². The van der Waals surface area contributed by atoms with E-state index in [-0.39, 0.29) is 23.6 Å². The zero-order valence-corrected chi connectivity index (χ0v) is 20.0. The Morgan fingerprint density at radius 2 is 2.11 bits per heavy atom. The predicted molar refractivity (Wildman–Crippen MR) is 134 cm³/mol. The summed E-state index contributed by atoms with van der Waals surface area (Å²) in [5.41, 5.74) is 5.07. The van der Waals surface area contributed by atoms with E-state index in [1.54, 1.807) is 24.4 Å². The van der Waals surface area contributed by atoms with Crippen LogP contribution in [-0.2, 0) is 4.74 Å². The highest BCUT2D eigenvalue weighted by Crippen LogP contribution is 2.50. The molecule has 2 fully saturated rings. The molecule has 3 aliphatic rings. The second-order valence-electron chi connectivity index (χ2n) is 9.62. The fraction of sp³-hybridized carbons (Fsp3) is 0.296. The van der Waals surface area contributed by atoms with Crippen molar-refractivity contribution in [2.45, 2.75) is 18.4 Å². The quantitative estimate of drug-likeness (QED) is 0.349. The standard InChI is InChI=1S/C27H24FN5O4/c1-35-26-16(28)3-2-4-18(26)30-25-21-23(15-9-19(15)31-27(21)34)33-24(25)14-7-8-29-17-5-6-20(32-22(14)17)37-12-13-10-36-11-13/h2-8,13,15,19,30,33H,9-12H2,1H3,(H,31,34)/t15-,19+/m0/s1. The van der Waals surface area contributed by atoms with Gasteiger partial charge in [-0.05, 0) is 30.7 Å². The summed E-state index contributed by atoms with van der Waals surface area (Å²) in [6.07, 6.45) is 2.58. The van der Waals surface area contributed by atoms with E-state index >= 15 is 0 Å². The molecule has 0 radical (unpaired) electrons. The Hall–Kier alpha value is -4.18. The first kappa shape index (κ1) is 22.1. The van der Waals surface area contributed by atoms with E-state index in [0.29, 0.717) is 65.3 Å². The van der Waals surface area contributed by atoms with Crippen LogP contribution in [0.3, 0.4) is 0 Å².